The minimum Gasteiger partial charge on any atom is -0.384 e. The molecule has 0 amide bonds. The molecule has 0 aliphatic heterocycles. The van der Waals surface area contributed by atoms with Crippen LogP contribution in [0.15, 0.2) is 30.5 Å². The molecule has 0 fully saturated rings. The van der Waals surface area contributed by atoms with Crippen LogP contribution in [0.1, 0.15) is 23.7 Å². The summed E-state index contributed by atoms with van der Waals surface area (Å²) in [6.45, 7) is 4.04. The Bertz CT molecular complexity index is 554. The van der Waals surface area contributed by atoms with E-state index in [1.54, 1.807) is 6.20 Å². The van der Waals surface area contributed by atoms with Gasteiger partial charge < -0.3 is 5.73 Å². The SMILES string of the molecule is CCc1ccccc1-n1ncc(C(=N)N)c1C. The normalized spacial score (nSPS) is 10.5. The van der Waals surface area contributed by atoms with Crippen LogP contribution in [0.5, 0.6) is 0 Å². The summed E-state index contributed by atoms with van der Waals surface area (Å²) in [4.78, 5) is 0. The predicted octanol–water partition coefficient (Wildman–Crippen LogP) is 2.03. The van der Waals surface area contributed by atoms with Crippen molar-refractivity contribution in [3.63, 3.8) is 0 Å². The quantitative estimate of drug-likeness (QED) is 0.623. The predicted molar refractivity (Wildman–Crippen MR) is 68.7 cm³/mol. The summed E-state index contributed by atoms with van der Waals surface area (Å²) in [7, 11) is 0. The Morgan fingerprint density at radius 3 is 2.71 bits per heavy atom. The Labute approximate surface area is 101 Å². The van der Waals surface area contributed by atoms with E-state index in [4.69, 9.17) is 11.1 Å². The number of nitrogen functional groups attached to an aromatic ring is 1. The average molecular weight is 228 g/mol. The Balaban J connectivity index is 2.57. The summed E-state index contributed by atoms with van der Waals surface area (Å²) in [6.07, 6.45) is 2.59. The Hall–Kier alpha value is -2.10. The zero-order valence-electron chi connectivity index (χ0n) is 10.1. The maximum Gasteiger partial charge on any atom is 0.126 e. The molecule has 0 spiro atoms. The molecule has 2 aromatic rings. The van der Waals surface area contributed by atoms with Crippen LogP contribution in [0, 0.1) is 12.3 Å². The highest BCUT2D eigenvalue weighted by Gasteiger charge is 2.11. The molecule has 4 heteroatoms. The monoisotopic (exact) mass is 228 g/mol. The van der Waals surface area contributed by atoms with E-state index in [1.807, 2.05) is 29.8 Å². The number of aryl methyl sites for hydroxylation is 1. The smallest absolute Gasteiger partial charge is 0.126 e. The lowest BCUT2D eigenvalue weighted by Crippen LogP contribution is -2.12. The van der Waals surface area contributed by atoms with Crippen molar-refractivity contribution >= 4 is 5.84 Å². The molecule has 3 N–H and O–H groups in total. The molecular formula is C13H16N4. The lowest BCUT2D eigenvalue weighted by atomic mass is 10.1. The van der Waals surface area contributed by atoms with Gasteiger partial charge in [-0.2, -0.15) is 5.10 Å². The van der Waals surface area contributed by atoms with Crippen LogP contribution in [0.4, 0.5) is 0 Å². The fraction of sp³-hybridized carbons (Fsp3) is 0.231. The summed E-state index contributed by atoms with van der Waals surface area (Å²) < 4.78 is 1.84. The van der Waals surface area contributed by atoms with Crippen LogP contribution in [-0.2, 0) is 6.42 Å². The third kappa shape index (κ3) is 1.93. The fourth-order valence-corrected chi connectivity index (χ4v) is 1.93. The number of para-hydroxylation sites is 1. The van der Waals surface area contributed by atoms with Gasteiger partial charge in [0.25, 0.3) is 0 Å². The molecule has 88 valence electrons. The number of nitrogens with two attached hydrogens (primary N) is 1. The molecule has 17 heavy (non-hydrogen) atoms. The standard InChI is InChI=1S/C13H16N4/c1-3-10-6-4-5-7-12(10)17-9(2)11(8-16-17)13(14)15/h4-8H,3H2,1-2H3,(H3,14,15). The Morgan fingerprint density at radius 1 is 1.41 bits per heavy atom. The van der Waals surface area contributed by atoms with Crippen molar-refractivity contribution < 1.29 is 0 Å². The van der Waals surface area contributed by atoms with E-state index in [1.165, 1.54) is 5.56 Å². The largest absolute Gasteiger partial charge is 0.384 e. The Kier molecular flexibility index (Phi) is 2.95. The van der Waals surface area contributed by atoms with Crippen LogP contribution in [-0.4, -0.2) is 15.6 Å². The lowest BCUT2D eigenvalue weighted by Gasteiger charge is -2.09. The summed E-state index contributed by atoms with van der Waals surface area (Å²) in [5, 5.41) is 11.8. The molecule has 0 aliphatic carbocycles. The van der Waals surface area contributed by atoms with Crippen molar-refractivity contribution in [1.29, 1.82) is 5.41 Å². The van der Waals surface area contributed by atoms with E-state index < -0.39 is 0 Å². The molecule has 2 rings (SSSR count). The summed E-state index contributed by atoms with van der Waals surface area (Å²) >= 11 is 0. The second kappa shape index (κ2) is 4.41. The molecule has 4 nitrogen and oxygen atoms in total. The van der Waals surface area contributed by atoms with Crippen LogP contribution < -0.4 is 5.73 Å². The molecular weight excluding hydrogens is 212 g/mol. The lowest BCUT2D eigenvalue weighted by molar-refractivity contribution is 0.832. The van der Waals surface area contributed by atoms with Gasteiger partial charge in [0, 0.05) is 0 Å². The molecule has 0 saturated carbocycles. The number of hydrogen-bond acceptors (Lipinski definition) is 2. The highest BCUT2D eigenvalue weighted by molar-refractivity contribution is 5.95. The van der Waals surface area contributed by atoms with Crippen LogP contribution in [0.25, 0.3) is 5.69 Å². The average Bonchev–Trinajstić information content (AvgIpc) is 2.71. The molecule has 0 unspecified atom stereocenters. The number of aromatic nitrogens is 2. The van der Waals surface area contributed by atoms with E-state index in [-0.39, 0.29) is 5.84 Å². The molecule has 0 saturated heterocycles. The number of nitrogens with one attached hydrogen (secondary N) is 1. The molecule has 1 heterocycles. The van der Waals surface area contributed by atoms with Gasteiger partial charge in [0.2, 0.25) is 0 Å². The van der Waals surface area contributed by atoms with Crippen LogP contribution >= 0.6 is 0 Å². The fourth-order valence-electron chi connectivity index (χ4n) is 1.93. The van der Waals surface area contributed by atoms with Gasteiger partial charge in [0.1, 0.15) is 5.84 Å². The number of rotatable bonds is 3. The second-order valence-electron chi connectivity index (χ2n) is 3.95. The zero-order valence-corrected chi connectivity index (χ0v) is 10.1. The van der Waals surface area contributed by atoms with Gasteiger partial charge >= 0.3 is 0 Å². The number of nitrogens with zero attached hydrogens (tertiary/aromatic N) is 2. The van der Waals surface area contributed by atoms with E-state index >= 15 is 0 Å². The van der Waals surface area contributed by atoms with Gasteiger partial charge in [-0.3, -0.25) is 5.41 Å². The highest BCUT2D eigenvalue weighted by atomic mass is 15.3. The minimum atomic E-state index is 0.0581. The van der Waals surface area contributed by atoms with Gasteiger partial charge in [-0.15, -0.1) is 0 Å². The van der Waals surface area contributed by atoms with Gasteiger partial charge in [-0.1, -0.05) is 25.1 Å². The van der Waals surface area contributed by atoms with E-state index in [2.05, 4.69) is 18.1 Å². The first kappa shape index (κ1) is 11.4. The van der Waals surface area contributed by atoms with Crippen LogP contribution in [0.2, 0.25) is 0 Å². The zero-order chi connectivity index (χ0) is 12.4. The van der Waals surface area contributed by atoms with Crippen molar-refractivity contribution in [3.8, 4) is 5.69 Å². The minimum absolute atomic E-state index is 0.0581. The molecule has 0 radical (unpaired) electrons. The third-order valence-electron chi connectivity index (χ3n) is 2.90. The molecule has 0 atom stereocenters. The molecule has 1 aromatic carbocycles. The first-order valence-corrected chi connectivity index (χ1v) is 5.62. The maximum atomic E-state index is 7.48. The summed E-state index contributed by atoms with van der Waals surface area (Å²) in [5.41, 5.74) is 9.38. The van der Waals surface area contributed by atoms with Gasteiger partial charge in [0.05, 0.1) is 23.1 Å². The topological polar surface area (TPSA) is 67.7 Å². The maximum absolute atomic E-state index is 7.48. The van der Waals surface area contributed by atoms with Crippen molar-refractivity contribution in [3.05, 3.63) is 47.3 Å². The summed E-state index contributed by atoms with van der Waals surface area (Å²) in [5.74, 6) is 0.0581. The first-order valence-electron chi connectivity index (χ1n) is 5.62. The van der Waals surface area contributed by atoms with Crippen molar-refractivity contribution in [1.82, 2.24) is 9.78 Å². The third-order valence-corrected chi connectivity index (χ3v) is 2.90. The van der Waals surface area contributed by atoms with Crippen molar-refractivity contribution in [2.75, 3.05) is 0 Å². The number of hydrogen-bond donors (Lipinski definition) is 2. The number of benzene rings is 1. The van der Waals surface area contributed by atoms with Crippen LogP contribution in [0.3, 0.4) is 0 Å². The molecule has 0 bridgehead atoms. The number of amidine groups is 1. The van der Waals surface area contributed by atoms with E-state index in [0.29, 0.717) is 5.56 Å². The van der Waals surface area contributed by atoms with Crippen molar-refractivity contribution in [2.45, 2.75) is 20.3 Å². The van der Waals surface area contributed by atoms with E-state index in [9.17, 15) is 0 Å². The molecule has 1 aromatic heterocycles. The highest BCUT2D eigenvalue weighted by Crippen LogP contribution is 2.18. The first-order chi connectivity index (χ1) is 8.15. The van der Waals surface area contributed by atoms with Gasteiger partial charge in [0.15, 0.2) is 0 Å². The van der Waals surface area contributed by atoms with Gasteiger partial charge in [-0.25, -0.2) is 4.68 Å². The Morgan fingerprint density at radius 2 is 2.12 bits per heavy atom. The molecule has 0 aliphatic rings. The summed E-state index contributed by atoms with van der Waals surface area (Å²) in [6, 6.07) is 8.13. The van der Waals surface area contributed by atoms with Gasteiger partial charge in [-0.05, 0) is 25.0 Å². The van der Waals surface area contributed by atoms with Crippen molar-refractivity contribution in [2.24, 2.45) is 5.73 Å². The van der Waals surface area contributed by atoms with E-state index in [0.717, 1.165) is 17.8 Å². The second-order valence-corrected chi connectivity index (χ2v) is 3.95.